The number of aliphatic carboxylic acids is 1. The van der Waals surface area contributed by atoms with Gasteiger partial charge in [0.25, 0.3) is 0 Å². The molecule has 0 bridgehead atoms. The molecule has 5 rings (SSSR count). The van der Waals surface area contributed by atoms with E-state index in [1.54, 1.807) is 0 Å². The maximum absolute atomic E-state index is 12.7. The molecule has 2 fully saturated rings. The number of fused-ring (bicyclic) bond motifs is 3. The standard InChI is InChI=1S/C26H28N2O7/c29-24(28-21-10-12-34-23(21)25(30)31)22-15(9-11-33-22)13-27-26(32)35-14-20-18-7-3-1-5-16(18)17-6-2-4-8-19(17)20/h1-8,15,20-23H,9-14H2,(H,27,32)(H,28,29)(H,30,31)/t15-,21?,22-,23?/m1/s1. The zero-order valence-corrected chi connectivity index (χ0v) is 19.1. The Morgan fingerprint density at radius 3 is 2.23 bits per heavy atom. The quantitative estimate of drug-likeness (QED) is 0.556. The second-order valence-electron chi connectivity index (χ2n) is 9.08. The van der Waals surface area contributed by atoms with Gasteiger partial charge in [0.1, 0.15) is 12.7 Å². The number of nitrogens with one attached hydrogen (secondary N) is 2. The van der Waals surface area contributed by atoms with Crippen molar-refractivity contribution in [1.29, 1.82) is 0 Å². The molecule has 2 aromatic carbocycles. The van der Waals surface area contributed by atoms with E-state index < -0.39 is 30.3 Å². The van der Waals surface area contributed by atoms with Gasteiger partial charge < -0.3 is 30.0 Å². The largest absolute Gasteiger partial charge is 0.479 e. The van der Waals surface area contributed by atoms with Crippen molar-refractivity contribution >= 4 is 18.0 Å². The number of carboxylic acid groups (broad SMARTS) is 1. The van der Waals surface area contributed by atoms with Crippen LogP contribution in [0.2, 0.25) is 0 Å². The van der Waals surface area contributed by atoms with Crippen LogP contribution in [0.5, 0.6) is 0 Å². The van der Waals surface area contributed by atoms with E-state index in [1.165, 1.54) is 0 Å². The summed E-state index contributed by atoms with van der Waals surface area (Å²) in [6, 6.07) is 15.7. The first-order valence-electron chi connectivity index (χ1n) is 11.9. The summed E-state index contributed by atoms with van der Waals surface area (Å²) in [4.78, 5) is 36.5. The van der Waals surface area contributed by atoms with Crippen molar-refractivity contribution in [3.8, 4) is 11.1 Å². The van der Waals surface area contributed by atoms with Crippen molar-refractivity contribution in [3.63, 3.8) is 0 Å². The number of carboxylic acids is 1. The Morgan fingerprint density at radius 2 is 1.54 bits per heavy atom. The Morgan fingerprint density at radius 1 is 0.914 bits per heavy atom. The third-order valence-electron chi connectivity index (χ3n) is 6.99. The van der Waals surface area contributed by atoms with Gasteiger partial charge in [0.15, 0.2) is 6.10 Å². The van der Waals surface area contributed by atoms with Crippen LogP contribution in [0.25, 0.3) is 11.1 Å². The Bertz CT molecular complexity index is 1070. The van der Waals surface area contributed by atoms with Gasteiger partial charge in [-0.1, -0.05) is 48.5 Å². The maximum Gasteiger partial charge on any atom is 0.407 e. The Balaban J connectivity index is 1.14. The minimum absolute atomic E-state index is 0.0303. The van der Waals surface area contributed by atoms with Crippen LogP contribution in [0.4, 0.5) is 4.79 Å². The van der Waals surface area contributed by atoms with Crippen LogP contribution in [-0.4, -0.2) is 67.7 Å². The number of hydrogen-bond acceptors (Lipinski definition) is 6. The minimum atomic E-state index is -1.10. The van der Waals surface area contributed by atoms with E-state index in [0.29, 0.717) is 19.4 Å². The number of rotatable bonds is 7. The molecule has 2 amide bonds. The van der Waals surface area contributed by atoms with Gasteiger partial charge >= 0.3 is 12.1 Å². The lowest BCUT2D eigenvalue weighted by molar-refractivity contribution is -0.148. The molecule has 35 heavy (non-hydrogen) atoms. The molecule has 2 aliphatic heterocycles. The summed E-state index contributed by atoms with van der Waals surface area (Å²) < 4.78 is 16.3. The van der Waals surface area contributed by atoms with Crippen molar-refractivity contribution in [1.82, 2.24) is 10.6 Å². The molecule has 3 aliphatic rings. The van der Waals surface area contributed by atoms with E-state index in [-0.39, 0.29) is 37.5 Å². The summed E-state index contributed by atoms with van der Waals surface area (Å²) in [7, 11) is 0. The molecule has 2 aromatic rings. The molecule has 0 saturated carbocycles. The number of amides is 2. The average Bonchev–Trinajstić information content (AvgIpc) is 3.59. The summed E-state index contributed by atoms with van der Waals surface area (Å²) in [6.45, 7) is 1.10. The van der Waals surface area contributed by atoms with Crippen LogP contribution >= 0.6 is 0 Å². The summed E-state index contributed by atoms with van der Waals surface area (Å²) >= 11 is 0. The van der Waals surface area contributed by atoms with Crippen LogP contribution in [-0.2, 0) is 23.8 Å². The van der Waals surface area contributed by atoms with Crippen LogP contribution in [0.1, 0.15) is 29.9 Å². The van der Waals surface area contributed by atoms with Gasteiger partial charge in [0.05, 0.1) is 6.04 Å². The molecule has 4 atom stereocenters. The molecule has 9 nitrogen and oxygen atoms in total. The lowest BCUT2D eigenvalue weighted by atomic mass is 9.98. The van der Waals surface area contributed by atoms with Gasteiger partial charge in [-0.15, -0.1) is 0 Å². The molecule has 3 N–H and O–H groups in total. The molecule has 0 spiro atoms. The molecule has 2 unspecified atom stereocenters. The smallest absolute Gasteiger partial charge is 0.407 e. The molecule has 1 aliphatic carbocycles. The molecule has 2 heterocycles. The second kappa shape index (κ2) is 10.1. The van der Waals surface area contributed by atoms with E-state index in [9.17, 15) is 19.5 Å². The topological polar surface area (TPSA) is 123 Å². The van der Waals surface area contributed by atoms with Gasteiger partial charge in [0, 0.05) is 31.6 Å². The van der Waals surface area contributed by atoms with Crippen LogP contribution < -0.4 is 10.6 Å². The summed E-state index contributed by atoms with van der Waals surface area (Å²) in [5, 5.41) is 14.7. The molecule has 184 valence electrons. The van der Waals surface area contributed by atoms with Gasteiger partial charge in [0.2, 0.25) is 5.91 Å². The zero-order chi connectivity index (χ0) is 24.4. The monoisotopic (exact) mass is 480 g/mol. The van der Waals surface area contributed by atoms with Crippen LogP contribution in [0.15, 0.2) is 48.5 Å². The number of benzene rings is 2. The fourth-order valence-electron chi connectivity index (χ4n) is 5.24. The zero-order valence-electron chi connectivity index (χ0n) is 19.1. The fourth-order valence-corrected chi connectivity index (χ4v) is 5.24. The number of alkyl carbamates (subject to hydrolysis) is 1. The molecule has 9 heteroatoms. The molecule has 0 radical (unpaired) electrons. The molecule has 0 aromatic heterocycles. The van der Waals surface area contributed by atoms with E-state index in [4.69, 9.17) is 14.2 Å². The maximum atomic E-state index is 12.7. The van der Waals surface area contributed by atoms with Gasteiger partial charge in [-0.25, -0.2) is 9.59 Å². The number of carbonyl (C=O) groups is 3. The van der Waals surface area contributed by atoms with Gasteiger partial charge in [-0.2, -0.15) is 0 Å². The average molecular weight is 481 g/mol. The highest BCUT2D eigenvalue weighted by atomic mass is 16.5. The molecular weight excluding hydrogens is 452 g/mol. The first-order valence-corrected chi connectivity index (χ1v) is 11.9. The number of hydrogen-bond donors (Lipinski definition) is 3. The minimum Gasteiger partial charge on any atom is -0.479 e. The summed E-state index contributed by atoms with van der Waals surface area (Å²) in [5.74, 6) is -1.75. The predicted molar refractivity (Wildman–Crippen MR) is 125 cm³/mol. The summed E-state index contributed by atoms with van der Waals surface area (Å²) in [5.41, 5.74) is 4.59. The van der Waals surface area contributed by atoms with E-state index >= 15 is 0 Å². The first-order chi connectivity index (χ1) is 17.0. The highest BCUT2D eigenvalue weighted by molar-refractivity contribution is 5.83. The fraction of sp³-hybridized carbons (Fsp3) is 0.423. The van der Waals surface area contributed by atoms with Crippen molar-refractivity contribution < 1.29 is 33.7 Å². The lowest BCUT2D eigenvalue weighted by Gasteiger charge is -2.22. The molecular formula is C26H28N2O7. The van der Waals surface area contributed by atoms with Gasteiger partial charge in [-0.05, 0) is 35.1 Å². The van der Waals surface area contributed by atoms with E-state index in [2.05, 4.69) is 34.9 Å². The number of carbonyl (C=O) groups excluding carboxylic acids is 2. The second-order valence-corrected chi connectivity index (χ2v) is 9.08. The van der Waals surface area contributed by atoms with Crippen molar-refractivity contribution in [3.05, 3.63) is 59.7 Å². The highest BCUT2D eigenvalue weighted by Gasteiger charge is 2.40. The normalized spacial score (nSPS) is 25.0. The Kier molecular flexibility index (Phi) is 6.70. The SMILES string of the molecule is O=C(NC[C@H]1CCO[C@H]1C(=O)NC1CCOC1C(=O)O)OCC1c2ccccc2-c2ccccc21. The van der Waals surface area contributed by atoms with Crippen molar-refractivity contribution in [2.24, 2.45) is 5.92 Å². The van der Waals surface area contributed by atoms with Crippen molar-refractivity contribution in [2.45, 2.75) is 37.0 Å². The number of ether oxygens (including phenoxy) is 3. The predicted octanol–water partition coefficient (Wildman–Crippen LogP) is 2.29. The van der Waals surface area contributed by atoms with Crippen LogP contribution in [0.3, 0.4) is 0 Å². The molecule has 2 saturated heterocycles. The van der Waals surface area contributed by atoms with E-state index in [0.717, 1.165) is 22.3 Å². The van der Waals surface area contributed by atoms with E-state index in [1.807, 2.05) is 24.3 Å². The van der Waals surface area contributed by atoms with Crippen molar-refractivity contribution in [2.75, 3.05) is 26.4 Å². The summed E-state index contributed by atoms with van der Waals surface area (Å²) in [6.07, 6.45) is -1.34. The Labute approximate surface area is 202 Å². The first kappa shape index (κ1) is 23.3. The lowest BCUT2D eigenvalue weighted by Crippen LogP contribution is -2.50. The highest BCUT2D eigenvalue weighted by Crippen LogP contribution is 2.44. The third kappa shape index (κ3) is 4.74. The Hall–Kier alpha value is -3.43. The third-order valence-corrected chi connectivity index (χ3v) is 6.99. The van der Waals surface area contributed by atoms with Gasteiger partial charge in [-0.3, -0.25) is 4.79 Å². The van der Waals surface area contributed by atoms with Crippen LogP contribution in [0, 0.1) is 5.92 Å².